The summed E-state index contributed by atoms with van der Waals surface area (Å²) in [6, 6.07) is 14.0. The molecule has 0 amide bonds. The number of hydrogen-bond donors (Lipinski definition) is 0. The van der Waals surface area contributed by atoms with Gasteiger partial charge in [0.2, 0.25) is 0 Å². The number of aryl methyl sites for hydroxylation is 2. The molecule has 0 aliphatic heterocycles. The molecule has 0 aliphatic rings. The van der Waals surface area contributed by atoms with E-state index in [0.717, 1.165) is 24.0 Å². The monoisotopic (exact) mass is 392 g/mol. The van der Waals surface area contributed by atoms with Crippen LogP contribution in [0.15, 0.2) is 48.5 Å². The van der Waals surface area contributed by atoms with Crippen molar-refractivity contribution in [1.29, 1.82) is 0 Å². The average molecular weight is 392 g/mol. The highest BCUT2D eigenvalue weighted by molar-refractivity contribution is 7.49. The Balaban J connectivity index is 2.15. The number of unbranched alkanes of at least 4 members (excludes halogenated alkanes) is 2. The molecule has 2 aromatic rings. The van der Waals surface area contributed by atoms with Gasteiger partial charge in [-0.05, 0) is 43.5 Å². The Morgan fingerprint density at radius 1 is 0.889 bits per heavy atom. The average Bonchev–Trinajstić information content (AvgIpc) is 2.64. The molecule has 0 bridgehead atoms. The molecule has 0 radical (unpaired) electrons. The molecular formula is C20H25O6P. The molecule has 0 aliphatic carbocycles. The van der Waals surface area contributed by atoms with Gasteiger partial charge in [-0.25, -0.2) is 9.36 Å². The fraction of sp³-hybridized carbons (Fsp3) is 0.350. The predicted molar refractivity (Wildman–Crippen MR) is 103 cm³/mol. The summed E-state index contributed by atoms with van der Waals surface area (Å²) in [5.41, 5.74) is 1.48. The maximum Gasteiger partial charge on any atom is 0.625 e. The minimum Gasteiger partial charge on any atom is -0.393 e. The number of para-hydroxylation sites is 2. The highest BCUT2D eigenvalue weighted by atomic mass is 31.2. The largest absolute Gasteiger partial charge is 0.625 e. The van der Waals surface area contributed by atoms with Gasteiger partial charge in [0, 0.05) is 6.42 Å². The molecule has 6 nitrogen and oxygen atoms in total. The molecule has 0 aromatic heterocycles. The zero-order valence-corrected chi connectivity index (χ0v) is 16.7. The van der Waals surface area contributed by atoms with Gasteiger partial charge in [0.1, 0.15) is 11.5 Å². The highest BCUT2D eigenvalue weighted by Crippen LogP contribution is 2.51. The van der Waals surface area contributed by atoms with Crippen molar-refractivity contribution in [3.8, 4) is 11.5 Å². The molecule has 0 saturated heterocycles. The van der Waals surface area contributed by atoms with Crippen LogP contribution in [0.3, 0.4) is 0 Å². The number of carbonyl (C=O) groups is 1. The first kappa shape index (κ1) is 21.0. The van der Waals surface area contributed by atoms with E-state index < -0.39 is 13.8 Å². The van der Waals surface area contributed by atoms with Gasteiger partial charge in [-0.2, -0.15) is 0 Å². The summed E-state index contributed by atoms with van der Waals surface area (Å²) in [6.07, 6.45) is 2.70. The second-order valence-electron chi connectivity index (χ2n) is 6.15. The summed E-state index contributed by atoms with van der Waals surface area (Å²) in [6.45, 7) is 5.62. The van der Waals surface area contributed by atoms with Crippen LogP contribution < -0.4 is 9.05 Å². The summed E-state index contributed by atoms with van der Waals surface area (Å²) in [7, 11) is -4.25. The van der Waals surface area contributed by atoms with E-state index in [1.807, 2.05) is 19.1 Å². The summed E-state index contributed by atoms with van der Waals surface area (Å²) in [5, 5.41) is 0. The third-order valence-electron chi connectivity index (χ3n) is 3.81. The van der Waals surface area contributed by atoms with E-state index in [-0.39, 0.29) is 6.42 Å². The van der Waals surface area contributed by atoms with Crippen molar-refractivity contribution in [1.82, 2.24) is 0 Å². The zero-order chi connectivity index (χ0) is 19.7. The lowest BCUT2D eigenvalue weighted by atomic mass is 10.2. The second kappa shape index (κ2) is 10.1. The van der Waals surface area contributed by atoms with E-state index in [0.29, 0.717) is 17.9 Å². The molecule has 0 heterocycles. The van der Waals surface area contributed by atoms with Gasteiger partial charge in [0.15, 0.2) is 0 Å². The molecule has 0 atom stereocenters. The highest BCUT2D eigenvalue weighted by Gasteiger charge is 2.35. The lowest BCUT2D eigenvalue weighted by Crippen LogP contribution is -2.11. The van der Waals surface area contributed by atoms with Gasteiger partial charge in [0.25, 0.3) is 0 Å². The third-order valence-corrected chi connectivity index (χ3v) is 4.91. The van der Waals surface area contributed by atoms with Crippen LogP contribution in [0.1, 0.15) is 43.7 Å². The molecule has 0 unspecified atom stereocenters. The zero-order valence-electron chi connectivity index (χ0n) is 15.8. The Hall–Kier alpha value is -2.30. The van der Waals surface area contributed by atoms with Crippen molar-refractivity contribution in [3.05, 3.63) is 59.7 Å². The molecule has 0 fully saturated rings. The number of phosphoric acid groups is 1. The minimum atomic E-state index is -4.25. The first-order valence-electron chi connectivity index (χ1n) is 8.93. The third kappa shape index (κ3) is 6.74. The first-order chi connectivity index (χ1) is 12.9. The fourth-order valence-electron chi connectivity index (χ4n) is 2.26. The Bertz CT molecular complexity index is 753. The van der Waals surface area contributed by atoms with Crippen LogP contribution in [-0.4, -0.2) is 5.97 Å². The van der Waals surface area contributed by atoms with Crippen molar-refractivity contribution in [2.75, 3.05) is 0 Å². The van der Waals surface area contributed by atoms with Crippen LogP contribution in [0.4, 0.5) is 0 Å². The van der Waals surface area contributed by atoms with E-state index in [2.05, 4.69) is 0 Å². The van der Waals surface area contributed by atoms with Crippen molar-refractivity contribution < 1.29 is 28.0 Å². The number of benzene rings is 2. The molecule has 27 heavy (non-hydrogen) atoms. The van der Waals surface area contributed by atoms with Gasteiger partial charge in [-0.1, -0.05) is 60.8 Å². The smallest absolute Gasteiger partial charge is 0.393 e. The number of carbonyl (C=O) groups excluding carboxylic acids is 1. The van der Waals surface area contributed by atoms with E-state index in [4.69, 9.17) is 18.6 Å². The van der Waals surface area contributed by atoms with Crippen molar-refractivity contribution >= 4 is 13.8 Å². The summed E-state index contributed by atoms with van der Waals surface area (Å²) >= 11 is 0. The molecule has 146 valence electrons. The topological polar surface area (TPSA) is 71.1 Å². The Morgan fingerprint density at radius 2 is 1.41 bits per heavy atom. The van der Waals surface area contributed by atoms with Crippen molar-refractivity contribution in [2.45, 2.75) is 46.5 Å². The Labute approximate surface area is 160 Å². The maximum atomic E-state index is 13.1. The molecular weight excluding hydrogens is 367 g/mol. The van der Waals surface area contributed by atoms with E-state index >= 15 is 0 Å². The van der Waals surface area contributed by atoms with Crippen LogP contribution in [-0.2, 0) is 18.9 Å². The van der Waals surface area contributed by atoms with Crippen molar-refractivity contribution in [2.24, 2.45) is 0 Å². The quantitative estimate of drug-likeness (QED) is 0.216. The van der Waals surface area contributed by atoms with Gasteiger partial charge >= 0.3 is 13.8 Å². The standard InChI is InChI=1S/C20H25O6P/c1-4-5-6-15-20(21)23-26-27(22,24-18-13-9-7-11-16(18)2)25-19-14-10-8-12-17(19)3/h7-14H,4-6,15H2,1-3H3. The summed E-state index contributed by atoms with van der Waals surface area (Å²) < 4.78 is 29.1. The normalized spacial score (nSPS) is 11.1. The van der Waals surface area contributed by atoms with Gasteiger partial charge in [0.05, 0.1) is 0 Å². The number of rotatable bonds is 10. The Morgan fingerprint density at radius 3 is 1.89 bits per heavy atom. The fourth-order valence-corrected chi connectivity index (χ4v) is 3.42. The Kier molecular flexibility index (Phi) is 7.89. The molecule has 0 spiro atoms. The van der Waals surface area contributed by atoms with Gasteiger partial charge in [-0.3, -0.25) is 4.89 Å². The lowest BCUT2D eigenvalue weighted by Gasteiger charge is -2.19. The molecule has 7 heteroatoms. The maximum absolute atomic E-state index is 13.1. The number of phosphoric ester groups is 1. The second-order valence-corrected chi connectivity index (χ2v) is 7.56. The van der Waals surface area contributed by atoms with Crippen LogP contribution in [0.25, 0.3) is 0 Å². The van der Waals surface area contributed by atoms with Crippen LogP contribution >= 0.6 is 7.82 Å². The van der Waals surface area contributed by atoms with Crippen LogP contribution in [0.5, 0.6) is 11.5 Å². The first-order valence-corrected chi connectivity index (χ1v) is 10.4. The minimum absolute atomic E-state index is 0.169. The van der Waals surface area contributed by atoms with Crippen LogP contribution in [0, 0.1) is 13.8 Å². The molecule has 0 N–H and O–H groups in total. The summed E-state index contributed by atoms with van der Waals surface area (Å²) in [5.74, 6) is 0.0124. The molecule has 0 saturated carbocycles. The van der Waals surface area contributed by atoms with E-state index in [1.54, 1.807) is 50.2 Å². The van der Waals surface area contributed by atoms with E-state index in [1.165, 1.54) is 0 Å². The SMILES string of the molecule is CCCCCC(=O)OOP(=O)(Oc1ccccc1C)Oc1ccccc1C. The van der Waals surface area contributed by atoms with Crippen molar-refractivity contribution in [3.63, 3.8) is 0 Å². The predicted octanol–water partition coefficient (Wildman–Crippen LogP) is 5.92. The van der Waals surface area contributed by atoms with E-state index in [9.17, 15) is 9.36 Å². The van der Waals surface area contributed by atoms with Crippen LogP contribution in [0.2, 0.25) is 0 Å². The lowest BCUT2D eigenvalue weighted by molar-refractivity contribution is -0.221. The van der Waals surface area contributed by atoms with Gasteiger partial charge in [-0.15, -0.1) is 0 Å². The van der Waals surface area contributed by atoms with Gasteiger partial charge < -0.3 is 9.05 Å². The molecule has 2 rings (SSSR count). The number of hydrogen-bond acceptors (Lipinski definition) is 6. The summed E-state index contributed by atoms with van der Waals surface area (Å²) in [4.78, 5) is 16.5. The molecule has 2 aromatic carbocycles.